The molecule has 2 bridgehead atoms. The zero-order valence-electron chi connectivity index (χ0n) is 20.7. The summed E-state index contributed by atoms with van der Waals surface area (Å²) in [6, 6.07) is 0. The van der Waals surface area contributed by atoms with Crippen LogP contribution in [0.2, 0.25) is 0 Å². The first-order valence-electron chi connectivity index (χ1n) is 11.9. The molecule has 2 saturated heterocycles. The number of Topliss-reactive ketones (excluding diaryl/α,β-unsaturated/α-hetero) is 2. The maximum atomic E-state index is 14.4. The van der Waals surface area contributed by atoms with Crippen LogP contribution in [-0.4, -0.2) is 65.8 Å². The molecule has 0 aromatic rings. The molecule has 0 radical (unpaired) electrons. The second-order valence-electron chi connectivity index (χ2n) is 11.2. The molecule has 5 aliphatic rings. The summed E-state index contributed by atoms with van der Waals surface area (Å²) < 4.78 is 29.0. The third kappa shape index (κ3) is 2.83. The zero-order chi connectivity index (χ0) is 25.7. The second kappa shape index (κ2) is 7.15. The van der Waals surface area contributed by atoms with Gasteiger partial charge in [0.1, 0.15) is 6.10 Å². The van der Waals surface area contributed by atoms with Crippen molar-refractivity contribution in [3.05, 3.63) is 11.1 Å². The third-order valence-corrected chi connectivity index (χ3v) is 9.10. The van der Waals surface area contributed by atoms with E-state index < -0.39 is 70.1 Å². The molecule has 0 unspecified atom stereocenters. The number of esters is 2. The maximum Gasteiger partial charge on any atom is 0.509 e. The van der Waals surface area contributed by atoms with E-state index in [-0.39, 0.29) is 18.8 Å². The van der Waals surface area contributed by atoms with Gasteiger partial charge in [0.2, 0.25) is 0 Å². The number of rotatable bonds is 2. The molecule has 10 nitrogen and oxygen atoms in total. The summed E-state index contributed by atoms with van der Waals surface area (Å²) in [5.74, 6) is -2.91. The lowest BCUT2D eigenvalue weighted by Gasteiger charge is -2.64. The van der Waals surface area contributed by atoms with Gasteiger partial charge < -0.3 is 23.7 Å². The summed E-state index contributed by atoms with van der Waals surface area (Å²) in [6.45, 7) is 9.32. The molecule has 35 heavy (non-hydrogen) atoms. The van der Waals surface area contributed by atoms with Crippen LogP contribution in [0.3, 0.4) is 0 Å². The number of hydrogen-bond donors (Lipinski definition) is 0. The van der Waals surface area contributed by atoms with Crippen LogP contribution in [-0.2, 0) is 42.9 Å². The monoisotopic (exact) mass is 490 g/mol. The SMILES string of the molecule is CC(=O)O[C@H]1C(=O)[C@]2(C)CC[C@H]3OC[C@@]3(OC(C)=O)[C@H]2[C@@H]2OC(=O)O[C@]23CC(=O)C(C)=C1C3(C)C. The highest BCUT2D eigenvalue weighted by atomic mass is 16.8. The molecule has 2 saturated carbocycles. The van der Waals surface area contributed by atoms with Crippen molar-refractivity contribution in [2.45, 2.75) is 90.3 Å². The molecule has 0 aromatic heterocycles. The molecule has 2 heterocycles. The van der Waals surface area contributed by atoms with Crippen LogP contribution in [0.4, 0.5) is 4.79 Å². The summed E-state index contributed by atoms with van der Waals surface area (Å²) in [7, 11) is 0. The van der Waals surface area contributed by atoms with Gasteiger partial charge in [-0.1, -0.05) is 20.8 Å². The molecule has 4 fully saturated rings. The summed E-state index contributed by atoms with van der Waals surface area (Å²) in [5, 5.41) is 0. The molecule has 5 rings (SSSR count). The Hall–Kier alpha value is -2.75. The fourth-order valence-electron chi connectivity index (χ4n) is 7.46. The number of ether oxygens (including phenoxy) is 5. The van der Waals surface area contributed by atoms with Crippen LogP contribution < -0.4 is 0 Å². The van der Waals surface area contributed by atoms with Crippen molar-refractivity contribution in [3.8, 4) is 0 Å². The van der Waals surface area contributed by atoms with Gasteiger partial charge in [-0.3, -0.25) is 19.2 Å². The van der Waals surface area contributed by atoms with E-state index in [9.17, 15) is 24.0 Å². The van der Waals surface area contributed by atoms with E-state index in [2.05, 4.69) is 0 Å². The Bertz CT molecular complexity index is 1100. The lowest BCUT2D eigenvalue weighted by Crippen LogP contribution is -2.78. The molecule has 2 aliphatic heterocycles. The van der Waals surface area contributed by atoms with Gasteiger partial charge >= 0.3 is 18.1 Å². The van der Waals surface area contributed by atoms with E-state index >= 15 is 0 Å². The number of carbonyl (C=O) groups excluding carboxylic acids is 5. The highest BCUT2D eigenvalue weighted by Crippen LogP contribution is 2.65. The van der Waals surface area contributed by atoms with E-state index in [1.807, 2.05) is 0 Å². The first-order chi connectivity index (χ1) is 16.2. The smallest absolute Gasteiger partial charge is 0.454 e. The van der Waals surface area contributed by atoms with E-state index in [1.54, 1.807) is 27.7 Å². The summed E-state index contributed by atoms with van der Waals surface area (Å²) in [5.41, 5.74) is -4.54. The predicted octanol–water partition coefficient (Wildman–Crippen LogP) is 2.21. The van der Waals surface area contributed by atoms with E-state index in [1.165, 1.54) is 13.8 Å². The number of hydrogen-bond acceptors (Lipinski definition) is 10. The average molecular weight is 491 g/mol. The molecule has 0 amide bonds. The van der Waals surface area contributed by atoms with Gasteiger partial charge in [0.25, 0.3) is 0 Å². The van der Waals surface area contributed by atoms with Crippen molar-refractivity contribution in [3.63, 3.8) is 0 Å². The third-order valence-electron chi connectivity index (χ3n) is 9.10. The molecule has 3 aliphatic carbocycles. The van der Waals surface area contributed by atoms with Crippen molar-refractivity contribution >= 4 is 29.7 Å². The van der Waals surface area contributed by atoms with Crippen LogP contribution in [0.15, 0.2) is 11.1 Å². The number of carbonyl (C=O) groups is 5. The standard InChI is InChI=1S/C25H30O10/c1-11-14(28)9-25-20(33-21(30)35-25)18-23(6,8-7-15-24(18,10-31-15)34-13(3)27)19(29)17(32-12(2)26)16(11)22(25,4)5/h15,17-18,20H,7-10H2,1-6H3/t15-,17-,18+,20+,23-,24+,25-/m1/s1. The van der Waals surface area contributed by atoms with E-state index in [0.29, 0.717) is 24.0 Å². The minimum atomic E-state index is -1.51. The van der Waals surface area contributed by atoms with Crippen LogP contribution in [0.25, 0.3) is 0 Å². The molecule has 190 valence electrons. The lowest BCUT2D eigenvalue weighted by atomic mass is 9.45. The van der Waals surface area contributed by atoms with E-state index in [0.717, 1.165) is 0 Å². The van der Waals surface area contributed by atoms with Crippen molar-refractivity contribution in [2.75, 3.05) is 6.61 Å². The molecule has 0 N–H and O–H groups in total. The molecule has 10 heteroatoms. The summed E-state index contributed by atoms with van der Waals surface area (Å²) >= 11 is 0. The summed E-state index contributed by atoms with van der Waals surface area (Å²) in [6.07, 6.45) is -3.39. The Morgan fingerprint density at radius 3 is 2.31 bits per heavy atom. The van der Waals surface area contributed by atoms with Crippen LogP contribution in [0, 0.1) is 16.7 Å². The minimum absolute atomic E-state index is 0.00322. The Kier molecular flexibility index (Phi) is 4.89. The molecule has 7 atom stereocenters. The largest absolute Gasteiger partial charge is 0.509 e. The second-order valence-corrected chi connectivity index (χ2v) is 11.2. The Morgan fingerprint density at radius 1 is 1.06 bits per heavy atom. The normalized spacial score (nSPS) is 43.3. The molecular weight excluding hydrogens is 460 g/mol. The van der Waals surface area contributed by atoms with Crippen molar-refractivity contribution in [1.82, 2.24) is 0 Å². The topological polar surface area (TPSA) is 132 Å². The van der Waals surface area contributed by atoms with Gasteiger partial charge in [-0.05, 0) is 30.9 Å². The van der Waals surface area contributed by atoms with Crippen molar-refractivity contribution in [2.24, 2.45) is 16.7 Å². The Labute approximate surface area is 202 Å². The molecule has 0 aromatic carbocycles. The van der Waals surface area contributed by atoms with Crippen LogP contribution >= 0.6 is 0 Å². The minimum Gasteiger partial charge on any atom is -0.454 e. The summed E-state index contributed by atoms with van der Waals surface area (Å²) in [4.78, 5) is 65.0. The van der Waals surface area contributed by atoms with Gasteiger partial charge in [0.15, 0.2) is 35.0 Å². The number of ketones is 2. The van der Waals surface area contributed by atoms with Crippen LogP contribution in [0.1, 0.15) is 60.8 Å². The van der Waals surface area contributed by atoms with Crippen molar-refractivity contribution in [1.29, 1.82) is 0 Å². The Balaban J connectivity index is 1.84. The number of allylic oxidation sites excluding steroid dienone is 1. The first-order valence-corrected chi connectivity index (χ1v) is 11.9. The Morgan fingerprint density at radius 2 is 1.74 bits per heavy atom. The van der Waals surface area contributed by atoms with Gasteiger partial charge in [0, 0.05) is 24.7 Å². The predicted molar refractivity (Wildman–Crippen MR) is 116 cm³/mol. The average Bonchev–Trinajstić information content (AvgIpc) is 3.04. The molecular formula is C25H30O10. The number of fused-ring (bicyclic) bond motifs is 5. The van der Waals surface area contributed by atoms with Crippen LogP contribution in [0.5, 0.6) is 0 Å². The van der Waals surface area contributed by atoms with Crippen molar-refractivity contribution < 1.29 is 47.7 Å². The zero-order valence-corrected chi connectivity index (χ0v) is 20.7. The molecule has 1 spiro atoms. The fraction of sp³-hybridized carbons (Fsp3) is 0.720. The highest BCUT2D eigenvalue weighted by molar-refractivity contribution is 6.03. The van der Waals surface area contributed by atoms with Gasteiger partial charge in [-0.25, -0.2) is 4.79 Å². The first kappa shape index (κ1) is 24.0. The van der Waals surface area contributed by atoms with Gasteiger partial charge in [-0.2, -0.15) is 0 Å². The van der Waals surface area contributed by atoms with Gasteiger partial charge in [0.05, 0.1) is 18.9 Å². The lowest BCUT2D eigenvalue weighted by molar-refractivity contribution is -0.321. The highest BCUT2D eigenvalue weighted by Gasteiger charge is 2.79. The van der Waals surface area contributed by atoms with E-state index in [4.69, 9.17) is 23.7 Å². The quantitative estimate of drug-likeness (QED) is 0.419. The fourth-order valence-corrected chi connectivity index (χ4v) is 7.46. The maximum absolute atomic E-state index is 14.4. The van der Waals surface area contributed by atoms with Gasteiger partial charge in [-0.15, -0.1) is 0 Å².